The molecule has 98 valence electrons. The van der Waals surface area contributed by atoms with Crippen LogP contribution in [-0.4, -0.2) is 23.9 Å². The van der Waals surface area contributed by atoms with Gasteiger partial charge >= 0.3 is 0 Å². The smallest absolute Gasteiger partial charge is 0.226 e. The van der Waals surface area contributed by atoms with Crippen molar-refractivity contribution in [3.8, 4) is 0 Å². The Kier molecular flexibility index (Phi) is 4.62. The van der Waals surface area contributed by atoms with Crippen molar-refractivity contribution in [2.45, 2.75) is 38.5 Å². The van der Waals surface area contributed by atoms with Crippen molar-refractivity contribution < 1.29 is 4.79 Å². The Morgan fingerprint density at radius 2 is 1.78 bits per heavy atom. The van der Waals surface area contributed by atoms with Crippen LogP contribution in [0.5, 0.6) is 0 Å². The quantitative estimate of drug-likeness (QED) is 0.815. The summed E-state index contributed by atoms with van der Waals surface area (Å²) in [6, 6.07) is 7.62. The van der Waals surface area contributed by atoms with Crippen molar-refractivity contribution in [1.82, 2.24) is 4.90 Å². The molecule has 0 aliphatic carbocycles. The zero-order valence-corrected chi connectivity index (χ0v) is 10.9. The van der Waals surface area contributed by atoms with Crippen molar-refractivity contribution >= 4 is 11.6 Å². The number of nitrogens with zero attached hydrogens (tertiary/aromatic N) is 1. The molecule has 3 nitrogen and oxygen atoms in total. The standard InChI is InChI=1S/C15H22N2O/c16-14-8-6-7-13(11-14)12-15(18)17-9-4-2-1-3-5-10-17/h6-8,11H,1-5,9-10,12,16H2. The van der Waals surface area contributed by atoms with Gasteiger partial charge in [0.15, 0.2) is 0 Å². The largest absolute Gasteiger partial charge is 0.399 e. The maximum Gasteiger partial charge on any atom is 0.226 e. The van der Waals surface area contributed by atoms with E-state index in [9.17, 15) is 4.79 Å². The highest BCUT2D eigenvalue weighted by Gasteiger charge is 2.14. The van der Waals surface area contributed by atoms with E-state index in [1.807, 2.05) is 29.2 Å². The van der Waals surface area contributed by atoms with E-state index in [0.717, 1.165) is 37.2 Å². The van der Waals surface area contributed by atoms with Crippen LogP contribution in [0, 0.1) is 0 Å². The number of anilines is 1. The summed E-state index contributed by atoms with van der Waals surface area (Å²) in [4.78, 5) is 14.2. The number of rotatable bonds is 2. The monoisotopic (exact) mass is 246 g/mol. The molecule has 0 saturated carbocycles. The molecule has 0 radical (unpaired) electrons. The van der Waals surface area contributed by atoms with Gasteiger partial charge in [0.1, 0.15) is 0 Å². The van der Waals surface area contributed by atoms with Crippen molar-refractivity contribution in [1.29, 1.82) is 0 Å². The van der Waals surface area contributed by atoms with Gasteiger partial charge in [-0.15, -0.1) is 0 Å². The SMILES string of the molecule is Nc1cccc(CC(=O)N2CCCCCCC2)c1. The molecule has 1 fully saturated rings. The number of benzene rings is 1. The molecule has 1 aliphatic rings. The summed E-state index contributed by atoms with van der Waals surface area (Å²) in [6.45, 7) is 1.84. The first-order valence-electron chi connectivity index (χ1n) is 6.88. The molecular formula is C15H22N2O. The van der Waals surface area contributed by atoms with Gasteiger partial charge in [0.05, 0.1) is 6.42 Å². The van der Waals surface area contributed by atoms with Crippen LogP contribution in [0.3, 0.4) is 0 Å². The molecule has 0 atom stereocenters. The molecule has 0 bridgehead atoms. The summed E-state index contributed by atoms with van der Waals surface area (Å²) in [5.74, 6) is 0.238. The maximum absolute atomic E-state index is 12.2. The van der Waals surface area contributed by atoms with Gasteiger partial charge in [-0.1, -0.05) is 31.4 Å². The normalized spacial score (nSPS) is 17.0. The third-order valence-corrected chi connectivity index (χ3v) is 3.52. The lowest BCUT2D eigenvalue weighted by Gasteiger charge is -2.24. The van der Waals surface area contributed by atoms with Crippen molar-refractivity contribution in [2.75, 3.05) is 18.8 Å². The zero-order chi connectivity index (χ0) is 12.8. The molecule has 2 rings (SSSR count). The number of carbonyl (C=O) groups excluding carboxylic acids is 1. The van der Waals surface area contributed by atoms with Crippen LogP contribution in [-0.2, 0) is 11.2 Å². The second kappa shape index (κ2) is 6.43. The predicted molar refractivity (Wildman–Crippen MR) is 74.2 cm³/mol. The summed E-state index contributed by atoms with van der Waals surface area (Å²) in [6.07, 6.45) is 6.58. The molecule has 1 saturated heterocycles. The van der Waals surface area contributed by atoms with Gasteiger partial charge in [-0.25, -0.2) is 0 Å². The first-order valence-corrected chi connectivity index (χ1v) is 6.88. The minimum Gasteiger partial charge on any atom is -0.399 e. The highest BCUT2D eigenvalue weighted by Crippen LogP contribution is 2.13. The number of nitrogens with two attached hydrogens (primary N) is 1. The third-order valence-electron chi connectivity index (χ3n) is 3.52. The average molecular weight is 246 g/mol. The Labute approximate surface area is 109 Å². The van der Waals surface area contributed by atoms with E-state index < -0.39 is 0 Å². The molecule has 1 aromatic rings. The van der Waals surface area contributed by atoms with Crippen molar-refractivity contribution in [2.24, 2.45) is 0 Å². The van der Waals surface area contributed by atoms with E-state index in [1.54, 1.807) is 0 Å². The highest BCUT2D eigenvalue weighted by atomic mass is 16.2. The van der Waals surface area contributed by atoms with Crippen LogP contribution in [0.4, 0.5) is 5.69 Å². The number of nitrogen functional groups attached to an aromatic ring is 1. The van der Waals surface area contributed by atoms with E-state index >= 15 is 0 Å². The van der Waals surface area contributed by atoms with Gasteiger partial charge in [-0.3, -0.25) is 4.79 Å². The maximum atomic E-state index is 12.2. The van der Waals surface area contributed by atoms with Crippen LogP contribution in [0.25, 0.3) is 0 Å². The van der Waals surface area contributed by atoms with Gasteiger partial charge in [0, 0.05) is 18.8 Å². The topological polar surface area (TPSA) is 46.3 Å². The van der Waals surface area contributed by atoms with Gasteiger partial charge in [0.25, 0.3) is 0 Å². The average Bonchev–Trinajstić information content (AvgIpc) is 2.28. The minimum absolute atomic E-state index is 0.238. The lowest BCUT2D eigenvalue weighted by molar-refractivity contribution is -0.130. The Bertz CT molecular complexity index is 395. The molecule has 1 heterocycles. The first-order chi connectivity index (χ1) is 8.75. The second-order valence-corrected chi connectivity index (χ2v) is 5.07. The van der Waals surface area contributed by atoms with Crippen LogP contribution in [0.2, 0.25) is 0 Å². The Morgan fingerprint density at radius 3 is 2.44 bits per heavy atom. The second-order valence-electron chi connectivity index (χ2n) is 5.07. The lowest BCUT2D eigenvalue weighted by atomic mass is 10.1. The number of likely N-dealkylation sites (tertiary alicyclic amines) is 1. The number of carbonyl (C=O) groups is 1. The Morgan fingerprint density at radius 1 is 1.11 bits per heavy atom. The summed E-state index contributed by atoms with van der Waals surface area (Å²) < 4.78 is 0. The predicted octanol–water partition coefficient (Wildman–Crippen LogP) is 2.60. The first kappa shape index (κ1) is 12.9. The summed E-state index contributed by atoms with van der Waals surface area (Å²) in [5.41, 5.74) is 7.48. The van der Waals surface area contributed by atoms with Gasteiger partial charge < -0.3 is 10.6 Å². The van der Waals surface area contributed by atoms with E-state index in [0.29, 0.717) is 6.42 Å². The van der Waals surface area contributed by atoms with Crippen LogP contribution >= 0.6 is 0 Å². The van der Waals surface area contributed by atoms with Crippen LogP contribution in [0.1, 0.15) is 37.7 Å². The third kappa shape index (κ3) is 3.76. The minimum atomic E-state index is 0.238. The van der Waals surface area contributed by atoms with Crippen LogP contribution < -0.4 is 5.73 Å². The van der Waals surface area contributed by atoms with E-state index in [1.165, 1.54) is 19.3 Å². The highest BCUT2D eigenvalue weighted by molar-refractivity contribution is 5.79. The summed E-state index contributed by atoms with van der Waals surface area (Å²) in [7, 11) is 0. The molecule has 2 N–H and O–H groups in total. The molecule has 18 heavy (non-hydrogen) atoms. The number of hydrogen-bond donors (Lipinski definition) is 1. The van der Waals surface area contributed by atoms with Gasteiger partial charge in [-0.2, -0.15) is 0 Å². The number of amides is 1. The van der Waals surface area contributed by atoms with Gasteiger partial charge in [0.2, 0.25) is 5.91 Å². The molecule has 1 aromatic carbocycles. The molecule has 0 aromatic heterocycles. The van der Waals surface area contributed by atoms with Crippen molar-refractivity contribution in [3.05, 3.63) is 29.8 Å². The summed E-state index contributed by atoms with van der Waals surface area (Å²) in [5, 5.41) is 0. The lowest BCUT2D eigenvalue weighted by Crippen LogP contribution is -2.34. The molecule has 0 unspecified atom stereocenters. The molecule has 1 aliphatic heterocycles. The fourth-order valence-electron chi connectivity index (χ4n) is 2.49. The van der Waals surface area contributed by atoms with E-state index in [-0.39, 0.29) is 5.91 Å². The van der Waals surface area contributed by atoms with Crippen LogP contribution in [0.15, 0.2) is 24.3 Å². The number of hydrogen-bond acceptors (Lipinski definition) is 2. The Balaban J connectivity index is 1.93. The Hall–Kier alpha value is -1.51. The van der Waals surface area contributed by atoms with Gasteiger partial charge in [-0.05, 0) is 30.5 Å². The zero-order valence-electron chi connectivity index (χ0n) is 10.9. The van der Waals surface area contributed by atoms with E-state index in [2.05, 4.69) is 0 Å². The molecule has 0 spiro atoms. The van der Waals surface area contributed by atoms with Crippen molar-refractivity contribution in [3.63, 3.8) is 0 Å². The molecular weight excluding hydrogens is 224 g/mol. The fourth-order valence-corrected chi connectivity index (χ4v) is 2.49. The molecule has 1 amide bonds. The van der Waals surface area contributed by atoms with E-state index in [4.69, 9.17) is 5.73 Å². The fraction of sp³-hybridized carbons (Fsp3) is 0.533. The molecule has 3 heteroatoms. The summed E-state index contributed by atoms with van der Waals surface area (Å²) >= 11 is 0.